The number of carboxylic acids is 1. The number of nitrogens with zero attached hydrogens (tertiary/aromatic N) is 1. The Bertz CT molecular complexity index is 371. The molecule has 2 amide bonds. The molecule has 0 spiro atoms. The largest absolute Gasteiger partial charge is 0.480 e. The minimum Gasteiger partial charge on any atom is -0.480 e. The number of carboxylic acid groups (broad SMARTS) is 1. The highest BCUT2D eigenvalue weighted by molar-refractivity contribution is 5.90. The molecule has 0 bridgehead atoms. The van der Waals surface area contributed by atoms with E-state index in [2.05, 4.69) is 11.9 Å². The first-order valence-electron chi connectivity index (χ1n) is 6.02. The van der Waals surface area contributed by atoms with E-state index in [-0.39, 0.29) is 12.5 Å². The molecule has 6 nitrogen and oxygen atoms in total. The number of carbonyl (C=O) groups is 3. The lowest BCUT2D eigenvalue weighted by atomic mass is 9.95. The highest BCUT2D eigenvalue weighted by Crippen LogP contribution is 2.13. The molecule has 0 aliphatic rings. The standard InChI is InChI=1S/C13H22N2O4/c1-6-7-15(8-10(16)17)11(18)9(2)14-12(19)13(3,4)5/h6,9H,1,7-8H2,2-5H3,(H,14,19)(H,16,17). The van der Waals surface area contributed by atoms with Gasteiger partial charge in [-0.15, -0.1) is 6.58 Å². The maximum atomic E-state index is 12.0. The van der Waals surface area contributed by atoms with Gasteiger partial charge in [0.05, 0.1) is 0 Å². The summed E-state index contributed by atoms with van der Waals surface area (Å²) in [6, 6.07) is -0.772. The van der Waals surface area contributed by atoms with Crippen molar-refractivity contribution in [3.05, 3.63) is 12.7 Å². The monoisotopic (exact) mass is 270 g/mol. The molecular weight excluding hydrogens is 248 g/mol. The smallest absolute Gasteiger partial charge is 0.323 e. The molecule has 1 atom stereocenters. The average Bonchev–Trinajstić information content (AvgIpc) is 2.25. The van der Waals surface area contributed by atoms with Crippen molar-refractivity contribution in [1.29, 1.82) is 0 Å². The molecule has 2 N–H and O–H groups in total. The van der Waals surface area contributed by atoms with Crippen LogP contribution in [0.2, 0.25) is 0 Å². The van der Waals surface area contributed by atoms with E-state index in [1.165, 1.54) is 13.0 Å². The second-order valence-electron chi connectivity index (χ2n) is 5.35. The summed E-state index contributed by atoms with van der Waals surface area (Å²) >= 11 is 0. The lowest BCUT2D eigenvalue weighted by Gasteiger charge is -2.26. The molecule has 6 heteroatoms. The van der Waals surface area contributed by atoms with Crippen LogP contribution >= 0.6 is 0 Å². The van der Waals surface area contributed by atoms with E-state index in [0.29, 0.717) is 0 Å². The summed E-state index contributed by atoms with van der Waals surface area (Å²) in [5.41, 5.74) is -0.607. The highest BCUT2D eigenvalue weighted by atomic mass is 16.4. The van der Waals surface area contributed by atoms with Crippen LogP contribution in [0.15, 0.2) is 12.7 Å². The summed E-state index contributed by atoms with van der Waals surface area (Å²) in [7, 11) is 0. The number of amides is 2. The van der Waals surface area contributed by atoms with Gasteiger partial charge in [-0.1, -0.05) is 26.8 Å². The Morgan fingerprint density at radius 3 is 2.26 bits per heavy atom. The lowest BCUT2D eigenvalue weighted by Crippen LogP contribution is -2.50. The minimum atomic E-state index is -1.11. The van der Waals surface area contributed by atoms with Crippen LogP contribution in [-0.4, -0.2) is 46.9 Å². The average molecular weight is 270 g/mol. The van der Waals surface area contributed by atoms with E-state index in [9.17, 15) is 14.4 Å². The van der Waals surface area contributed by atoms with E-state index in [1.54, 1.807) is 20.8 Å². The maximum absolute atomic E-state index is 12.0. The summed E-state index contributed by atoms with van der Waals surface area (Å²) < 4.78 is 0. The summed E-state index contributed by atoms with van der Waals surface area (Å²) in [5, 5.41) is 11.3. The normalized spacial score (nSPS) is 12.4. The number of carbonyl (C=O) groups excluding carboxylic acids is 2. The molecule has 0 radical (unpaired) electrons. The van der Waals surface area contributed by atoms with Crippen LogP contribution in [-0.2, 0) is 14.4 Å². The zero-order valence-electron chi connectivity index (χ0n) is 11.9. The van der Waals surface area contributed by atoms with Gasteiger partial charge in [0.1, 0.15) is 12.6 Å². The fraction of sp³-hybridized carbons (Fsp3) is 0.615. The van der Waals surface area contributed by atoms with Crippen molar-refractivity contribution in [3.63, 3.8) is 0 Å². The van der Waals surface area contributed by atoms with Crippen molar-refractivity contribution in [1.82, 2.24) is 10.2 Å². The predicted molar refractivity (Wildman–Crippen MR) is 71.5 cm³/mol. The molecule has 0 aliphatic carbocycles. The van der Waals surface area contributed by atoms with E-state index in [4.69, 9.17) is 5.11 Å². The molecule has 1 unspecified atom stereocenters. The Balaban J connectivity index is 4.71. The number of aliphatic carboxylic acids is 1. The first-order chi connectivity index (χ1) is 8.59. The van der Waals surface area contributed by atoms with Crippen molar-refractivity contribution >= 4 is 17.8 Å². The topological polar surface area (TPSA) is 86.7 Å². The second kappa shape index (κ2) is 6.92. The van der Waals surface area contributed by atoms with Crippen LogP contribution in [0.25, 0.3) is 0 Å². The van der Waals surface area contributed by atoms with Gasteiger partial charge in [-0.05, 0) is 6.92 Å². The first-order valence-corrected chi connectivity index (χ1v) is 6.02. The fourth-order valence-corrected chi connectivity index (χ4v) is 1.30. The molecular formula is C13H22N2O4. The van der Waals surface area contributed by atoms with Gasteiger partial charge in [0.25, 0.3) is 0 Å². The molecule has 0 aromatic rings. The van der Waals surface area contributed by atoms with Crippen LogP contribution in [0.1, 0.15) is 27.7 Å². The van der Waals surface area contributed by atoms with Gasteiger partial charge < -0.3 is 15.3 Å². The van der Waals surface area contributed by atoms with Crippen molar-refractivity contribution in [3.8, 4) is 0 Å². The molecule has 108 valence electrons. The van der Waals surface area contributed by atoms with Crippen molar-refractivity contribution in [2.45, 2.75) is 33.7 Å². The van der Waals surface area contributed by atoms with E-state index >= 15 is 0 Å². The van der Waals surface area contributed by atoms with Crippen LogP contribution < -0.4 is 5.32 Å². The molecule has 0 aromatic heterocycles. The molecule has 0 aliphatic heterocycles. The first kappa shape index (κ1) is 17.2. The quantitative estimate of drug-likeness (QED) is 0.693. The van der Waals surface area contributed by atoms with Gasteiger partial charge in [0.2, 0.25) is 11.8 Å². The minimum absolute atomic E-state index is 0.126. The zero-order valence-corrected chi connectivity index (χ0v) is 11.9. The fourth-order valence-electron chi connectivity index (χ4n) is 1.30. The third kappa shape index (κ3) is 6.03. The van der Waals surface area contributed by atoms with Crippen LogP contribution in [0.3, 0.4) is 0 Å². The van der Waals surface area contributed by atoms with Gasteiger partial charge in [0, 0.05) is 12.0 Å². The van der Waals surface area contributed by atoms with Gasteiger partial charge in [-0.2, -0.15) is 0 Å². The summed E-state index contributed by atoms with van der Waals surface area (Å²) in [6.07, 6.45) is 1.44. The van der Waals surface area contributed by atoms with Crippen molar-refractivity contribution in [2.75, 3.05) is 13.1 Å². The number of rotatable bonds is 6. The van der Waals surface area contributed by atoms with Crippen LogP contribution in [0.4, 0.5) is 0 Å². The molecule has 0 aromatic carbocycles. The SMILES string of the molecule is C=CCN(CC(=O)O)C(=O)C(C)NC(=O)C(C)(C)C. The maximum Gasteiger partial charge on any atom is 0.323 e. The Morgan fingerprint density at radius 1 is 1.37 bits per heavy atom. The zero-order chi connectivity index (χ0) is 15.2. The van der Waals surface area contributed by atoms with Gasteiger partial charge in [-0.3, -0.25) is 14.4 Å². The molecule has 0 rings (SSSR count). The van der Waals surface area contributed by atoms with Crippen molar-refractivity contribution in [2.24, 2.45) is 5.41 Å². The van der Waals surface area contributed by atoms with Gasteiger partial charge in [-0.25, -0.2) is 0 Å². The Kier molecular flexibility index (Phi) is 6.24. The number of hydrogen-bond acceptors (Lipinski definition) is 3. The summed E-state index contributed by atoms with van der Waals surface area (Å²) in [4.78, 5) is 35.6. The summed E-state index contributed by atoms with van der Waals surface area (Å²) in [6.45, 7) is 9.92. The second-order valence-corrected chi connectivity index (χ2v) is 5.35. The molecule has 19 heavy (non-hydrogen) atoms. The van der Waals surface area contributed by atoms with Gasteiger partial charge in [0.15, 0.2) is 0 Å². The van der Waals surface area contributed by atoms with Crippen molar-refractivity contribution < 1.29 is 19.5 Å². The number of nitrogens with one attached hydrogen (secondary N) is 1. The van der Waals surface area contributed by atoms with E-state index in [0.717, 1.165) is 4.90 Å². The lowest BCUT2D eigenvalue weighted by molar-refractivity contribution is -0.145. The van der Waals surface area contributed by atoms with Crippen LogP contribution in [0.5, 0.6) is 0 Å². The molecule has 0 saturated heterocycles. The predicted octanol–water partition coefficient (Wildman–Crippen LogP) is 0.636. The Labute approximate surface area is 113 Å². The highest BCUT2D eigenvalue weighted by Gasteiger charge is 2.27. The Hall–Kier alpha value is -1.85. The Morgan fingerprint density at radius 2 is 1.89 bits per heavy atom. The molecule has 0 heterocycles. The molecule has 0 saturated carbocycles. The molecule has 0 fully saturated rings. The van der Waals surface area contributed by atoms with Crippen LogP contribution in [0, 0.1) is 5.41 Å². The van der Waals surface area contributed by atoms with E-state index in [1.807, 2.05) is 0 Å². The summed E-state index contributed by atoms with van der Waals surface area (Å²) in [5.74, 6) is -1.81. The third-order valence-corrected chi connectivity index (χ3v) is 2.39. The van der Waals surface area contributed by atoms with E-state index < -0.39 is 29.9 Å². The third-order valence-electron chi connectivity index (χ3n) is 2.39. The van der Waals surface area contributed by atoms with Gasteiger partial charge >= 0.3 is 5.97 Å². The number of hydrogen-bond donors (Lipinski definition) is 2.